The number of carbonyl (C=O) groups is 1. The van der Waals surface area contributed by atoms with E-state index in [1.165, 1.54) is 31.4 Å². The molecule has 0 radical (unpaired) electrons. The van der Waals surface area contributed by atoms with E-state index in [1.807, 2.05) is 6.92 Å². The van der Waals surface area contributed by atoms with Gasteiger partial charge in [0.05, 0.1) is 19.4 Å². The van der Waals surface area contributed by atoms with Crippen LogP contribution >= 0.6 is 0 Å². The van der Waals surface area contributed by atoms with Crippen LogP contribution in [-0.4, -0.2) is 28.1 Å². The Hall–Kier alpha value is -2.87. The van der Waals surface area contributed by atoms with Gasteiger partial charge in [-0.15, -0.1) is 0 Å². The third-order valence-electron chi connectivity index (χ3n) is 3.62. The fourth-order valence-electron chi connectivity index (χ4n) is 2.37. The monoisotopic (exact) mass is 393 g/mol. The molecule has 27 heavy (non-hydrogen) atoms. The van der Waals surface area contributed by atoms with Gasteiger partial charge in [0.2, 0.25) is 0 Å². The van der Waals surface area contributed by atoms with Crippen LogP contribution in [0.1, 0.15) is 29.3 Å². The van der Waals surface area contributed by atoms with Gasteiger partial charge in [-0.3, -0.25) is 4.72 Å². The number of ether oxygens (including phenoxy) is 2. The highest BCUT2D eigenvalue weighted by molar-refractivity contribution is 7.92. The van der Waals surface area contributed by atoms with Crippen molar-refractivity contribution in [2.45, 2.75) is 18.2 Å². The molecule has 0 saturated carbocycles. The minimum atomic E-state index is -4.28. The summed E-state index contributed by atoms with van der Waals surface area (Å²) in [6.07, 6.45) is 2.15. The first-order chi connectivity index (χ1) is 12.9. The van der Waals surface area contributed by atoms with E-state index in [2.05, 4.69) is 11.3 Å². The average Bonchev–Trinajstić information content (AvgIpc) is 2.65. The molecule has 2 aromatic carbocycles. The highest BCUT2D eigenvalue weighted by Crippen LogP contribution is 2.34. The van der Waals surface area contributed by atoms with E-state index in [-0.39, 0.29) is 17.0 Å². The first-order valence-electron chi connectivity index (χ1n) is 8.13. The molecule has 6 nitrogen and oxygen atoms in total. The molecule has 2 rings (SSSR count). The van der Waals surface area contributed by atoms with Crippen LogP contribution in [0.5, 0.6) is 5.75 Å². The molecule has 0 bridgehead atoms. The molecule has 0 heterocycles. The summed E-state index contributed by atoms with van der Waals surface area (Å²) in [4.78, 5) is 11.8. The van der Waals surface area contributed by atoms with E-state index in [0.717, 1.165) is 12.1 Å². The Morgan fingerprint density at radius 3 is 2.56 bits per heavy atom. The zero-order chi connectivity index (χ0) is 20.0. The van der Waals surface area contributed by atoms with Crippen molar-refractivity contribution in [1.29, 1.82) is 0 Å². The van der Waals surface area contributed by atoms with E-state index in [4.69, 9.17) is 9.47 Å². The Balaban J connectivity index is 2.61. The smallest absolute Gasteiger partial charge is 0.343 e. The molecule has 144 valence electrons. The number of hydrogen-bond acceptors (Lipinski definition) is 5. The molecule has 0 aromatic heterocycles. The van der Waals surface area contributed by atoms with Crippen molar-refractivity contribution < 1.29 is 27.1 Å². The van der Waals surface area contributed by atoms with Crippen LogP contribution in [0.4, 0.5) is 10.1 Å². The summed E-state index contributed by atoms with van der Waals surface area (Å²) >= 11 is 0. The number of nitrogens with one attached hydrogen (secondary N) is 1. The molecule has 0 unspecified atom stereocenters. The minimum Gasteiger partial charge on any atom is -0.492 e. The summed E-state index contributed by atoms with van der Waals surface area (Å²) in [5.41, 5.74) is 0.308. The molecule has 0 spiro atoms. The van der Waals surface area contributed by atoms with Crippen molar-refractivity contribution >= 4 is 27.8 Å². The number of anilines is 1. The zero-order valence-electron chi connectivity index (χ0n) is 15.0. The molecule has 0 fully saturated rings. The van der Waals surface area contributed by atoms with Crippen LogP contribution < -0.4 is 9.46 Å². The van der Waals surface area contributed by atoms with E-state index >= 15 is 0 Å². The third kappa shape index (κ3) is 4.46. The van der Waals surface area contributed by atoms with Crippen LogP contribution in [0.2, 0.25) is 0 Å². The standard InChI is InChI=1S/C19H20FNO5S/c1-4-12-26-18-13(5-2)10-11-15(17(18)19(22)25-3)21-27(23,24)16-9-7-6-8-14(16)20/h5-11,21H,2,4,12H2,1,3H3. The van der Waals surface area contributed by atoms with Crippen LogP contribution in [-0.2, 0) is 14.8 Å². The molecular formula is C19H20FNO5S. The van der Waals surface area contributed by atoms with E-state index in [9.17, 15) is 17.6 Å². The SMILES string of the molecule is C=Cc1ccc(NS(=O)(=O)c2ccccc2F)c(C(=O)OC)c1OCCC. The predicted molar refractivity (Wildman–Crippen MR) is 101 cm³/mol. The summed E-state index contributed by atoms with van der Waals surface area (Å²) < 4.78 is 51.8. The average molecular weight is 393 g/mol. The minimum absolute atomic E-state index is 0.0817. The lowest BCUT2D eigenvalue weighted by molar-refractivity contribution is 0.0597. The van der Waals surface area contributed by atoms with Gasteiger partial charge in [-0.2, -0.15) is 0 Å². The summed E-state index contributed by atoms with van der Waals surface area (Å²) in [7, 11) is -3.11. The molecule has 0 aliphatic rings. The zero-order valence-corrected chi connectivity index (χ0v) is 15.8. The molecule has 0 amide bonds. The van der Waals surface area contributed by atoms with Crippen LogP contribution in [0.25, 0.3) is 6.08 Å². The van der Waals surface area contributed by atoms with E-state index < -0.39 is 26.7 Å². The Labute approximate surface area is 157 Å². The highest BCUT2D eigenvalue weighted by Gasteiger charge is 2.26. The maximum atomic E-state index is 13.9. The second kappa shape index (κ2) is 8.68. The van der Waals surface area contributed by atoms with Crippen molar-refractivity contribution in [1.82, 2.24) is 0 Å². The van der Waals surface area contributed by atoms with Gasteiger partial charge in [0.1, 0.15) is 22.0 Å². The molecule has 0 saturated heterocycles. The molecule has 8 heteroatoms. The van der Waals surface area contributed by atoms with Gasteiger partial charge in [0, 0.05) is 5.56 Å². The number of halogens is 1. The van der Waals surface area contributed by atoms with Gasteiger partial charge < -0.3 is 9.47 Å². The molecule has 0 aliphatic heterocycles. The number of methoxy groups -OCH3 is 1. The fourth-order valence-corrected chi connectivity index (χ4v) is 3.52. The number of hydrogen-bond donors (Lipinski definition) is 1. The van der Waals surface area contributed by atoms with E-state index in [0.29, 0.717) is 18.6 Å². The Kier molecular flexibility index (Phi) is 6.57. The highest BCUT2D eigenvalue weighted by atomic mass is 32.2. The van der Waals surface area contributed by atoms with Gasteiger partial charge in [0.15, 0.2) is 0 Å². The number of benzene rings is 2. The predicted octanol–water partition coefficient (Wildman–Crippen LogP) is 3.84. The van der Waals surface area contributed by atoms with Crippen molar-refractivity contribution in [3.05, 3.63) is 59.9 Å². The maximum Gasteiger partial charge on any atom is 0.343 e. The first kappa shape index (κ1) is 20.4. The molecule has 0 atom stereocenters. The second-order valence-corrected chi connectivity index (χ2v) is 7.14. The van der Waals surface area contributed by atoms with Crippen LogP contribution in [0.3, 0.4) is 0 Å². The van der Waals surface area contributed by atoms with Gasteiger partial charge in [-0.25, -0.2) is 17.6 Å². The van der Waals surface area contributed by atoms with Gasteiger partial charge in [-0.05, 0) is 30.7 Å². The first-order valence-corrected chi connectivity index (χ1v) is 9.62. The lowest BCUT2D eigenvalue weighted by Gasteiger charge is -2.17. The normalized spacial score (nSPS) is 10.9. The van der Waals surface area contributed by atoms with Gasteiger partial charge in [-0.1, -0.05) is 31.7 Å². The second-order valence-electron chi connectivity index (χ2n) is 5.49. The molecule has 1 N–H and O–H groups in total. The van der Waals surface area contributed by atoms with Crippen LogP contribution in [0, 0.1) is 5.82 Å². The number of rotatable bonds is 8. The molecule has 2 aromatic rings. The molecular weight excluding hydrogens is 373 g/mol. The molecule has 0 aliphatic carbocycles. The van der Waals surface area contributed by atoms with Gasteiger partial charge in [0.25, 0.3) is 10.0 Å². The van der Waals surface area contributed by atoms with Crippen molar-refractivity contribution in [3.8, 4) is 5.75 Å². The van der Waals surface area contributed by atoms with Crippen molar-refractivity contribution in [2.75, 3.05) is 18.4 Å². The summed E-state index contributed by atoms with van der Waals surface area (Å²) in [6.45, 7) is 5.85. The number of carbonyl (C=O) groups excluding carboxylic acids is 1. The lowest BCUT2D eigenvalue weighted by atomic mass is 10.1. The van der Waals surface area contributed by atoms with E-state index in [1.54, 1.807) is 6.07 Å². The lowest BCUT2D eigenvalue weighted by Crippen LogP contribution is -2.18. The Morgan fingerprint density at radius 2 is 1.96 bits per heavy atom. The quantitative estimate of drug-likeness (QED) is 0.689. The van der Waals surface area contributed by atoms with Crippen molar-refractivity contribution in [2.24, 2.45) is 0 Å². The number of esters is 1. The summed E-state index contributed by atoms with van der Waals surface area (Å²) in [5, 5.41) is 0. The maximum absolute atomic E-state index is 13.9. The third-order valence-corrected chi connectivity index (χ3v) is 5.02. The topological polar surface area (TPSA) is 81.7 Å². The summed E-state index contributed by atoms with van der Waals surface area (Å²) in [6, 6.07) is 7.86. The largest absolute Gasteiger partial charge is 0.492 e. The van der Waals surface area contributed by atoms with Crippen LogP contribution in [0.15, 0.2) is 47.9 Å². The Bertz CT molecular complexity index is 957. The summed E-state index contributed by atoms with van der Waals surface area (Å²) in [5.74, 6) is -1.56. The van der Waals surface area contributed by atoms with Crippen molar-refractivity contribution in [3.63, 3.8) is 0 Å². The van der Waals surface area contributed by atoms with Gasteiger partial charge >= 0.3 is 5.97 Å². The Morgan fingerprint density at radius 1 is 1.26 bits per heavy atom. The fraction of sp³-hybridized carbons (Fsp3) is 0.211. The number of sulfonamides is 1.